The maximum Gasteiger partial charge on any atom is 0.116 e. The summed E-state index contributed by atoms with van der Waals surface area (Å²) in [4.78, 5) is 7.69. The van der Waals surface area contributed by atoms with E-state index in [1.54, 1.807) is 11.3 Å². The molecule has 2 heterocycles. The number of rotatable bonds is 4. The normalized spacial score (nSPS) is 15.9. The molecule has 0 amide bonds. The zero-order chi connectivity index (χ0) is 12.5. The van der Waals surface area contributed by atoms with Gasteiger partial charge in [-0.15, -0.1) is 22.7 Å². The molecule has 0 aromatic carbocycles. The van der Waals surface area contributed by atoms with Crippen molar-refractivity contribution in [2.75, 3.05) is 6.54 Å². The minimum atomic E-state index is 0.250. The lowest BCUT2D eigenvalue weighted by atomic mass is 10.2. The van der Waals surface area contributed by atoms with Crippen LogP contribution in [-0.2, 0) is 12.8 Å². The molecule has 1 N–H and O–H groups in total. The molecule has 0 spiro atoms. The van der Waals surface area contributed by atoms with Crippen LogP contribution in [0.2, 0.25) is 0 Å². The van der Waals surface area contributed by atoms with Gasteiger partial charge in [0, 0.05) is 14.2 Å². The van der Waals surface area contributed by atoms with Gasteiger partial charge in [-0.05, 0) is 53.2 Å². The van der Waals surface area contributed by atoms with E-state index in [-0.39, 0.29) is 6.04 Å². The second kappa shape index (κ2) is 5.41. The fourth-order valence-corrected chi connectivity index (χ4v) is 5.33. The predicted molar refractivity (Wildman–Crippen MR) is 81.7 cm³/mol. The summed E-state index contributed by atoms with van der Waals surface area (Å²) >= 11 is 7.32. The van der Waals surface area contributed by atoms with E-state index in [4.69, 9.17) is 4.98 Å². The highest BCUT2D eigenvalue weighted by Crippen LogP contribution is 2.37. The first-order valence-corrected chi connectivity index (χ1v) is 8.73. The van der Waals surface area contributed by atoms with Crippen molar-refractivity contribution in [2.24, 2.45) is 0 Å². The Morgan fingerprint density at radius 2 is 2.39 bits per heavy atom. The lowest BCUT2D eigenvalue weighted by molar-refractivity contribution is 0.632. The van der Waals surface area contributed by atoms with Crippen molar-refractivity contribution in [3.63, 3.8) is 0 Å². The summed E-state index contributed by atoms with van der Waals surface area (Å²) in [6, 6.07) is 2.37. The Balaban J connectivity index is 1.96. The standard InChI is InChI=1S/C13H15BrN2S2/c1-2-15-11(12-8(14)6-7-17-12)13-16-9-4-3-5-10(9)18-13/h6-7,11,15H,2-5H2,1H3. The fourth-order valence-electron chi connectivity index (χ4n) is 2.34. The zero-order valence-corrected chi connectivity index (χ0v) is 13.4. The smallest absolute Gasteiger partial charge is 0.116 e. The molecule has 3 rings (SSSR count). The first-order valence-electron chi connectivity index (χ1n) is 6.24. The summed E-state index contributed by atoms with van der Waals surface area (Å²) < 4.78 is 1.19. The quantitative estimate of drug-likeness (QED) is 0.902. The van der Waals surface area contributed by atoms with Gasteiger partial charge in [0.05, 0.1) is 11.7 Å². The SMILES string of the molecule is CCNC(c1nc2c(s1)CCC2)c1sccc1Br. The van der Waals surface area contributed by atoms with Crippen LogP contribution >= 0.6 is 38.6 Å². The molecule has 18 heavy (non-hydrogen) atoms. The topological polar surface area (TPSA) is 24.9 Å². The molecule has 0 fully saturated rings. The number of thiophene rings is 1. The van der Waals surface area contributed by atoms with E-state index in [1.807, 2.05) is 11.3 Å². The summed E-state index contributed by atoms with van der Waals surface area (Å²) in [5, 5.41) is 6.92. The molecule has 96 valence electrons. The summed E-state index contributed by atoms with van der Waals surface area (Å²) in [5.41, 5.74) is 1.34. The van der Waals surface area contributed by atoms with E-state index < -0.39 is 0 Å². The minimum Gasteiger partial charge on any atom is -0.304 e. The maximum atomic E-state index is 4.85. The zero-order valence-electron chi connectivity index (χ0n) is 10.2. The number of aryl methyl sites for hydroxylation is 2. The second-order valence-corrected chi connectivity index (χ2v) is 7.32. The predicted octanol–water partition coefficient (Wildman–Crippen LogP) is 4.15. The van der Waals surface area contributed by atoms with Crippen molar-refractivity contribution < 1.29 is 0 Å². The Bertz CT molecular complexity index is 525. The van der Waals surface area contributed by atoms with Crippen LogP contribution in [0.1, 0.15) is 39.8 Å². The second-order valence-electron chi connectivity index (χ2n) is 4.40. The van der Waals surface area contributed by atoms with Gasteiger partial charge in [0.25, 0.3) is 0 Å². The highest BCUT2D eigenvalue weighted by molar-refractivity contribution is 9.10. The van der Waals surface area contributed by atoms with Gasteiger partial charge in [0.15, 0.2) is 0 Å². The summed E-state index contributed by atoms with van der Waals surface area (Å²) in [6.07, 6.45) is 3.66. The number of hydrogen-bond acceptors (Lipinski definition) is 4. The van der Waals surface area contributed by atoms with Crippen LogP contribution in [0.3, 0.4) is 0 Å². The molecule has 1 unspecified atom stereocenters. The number of nitrogens with zero attached hydrogens (tertiary/aromatic N) is 1. The average molecular weight is 343 g/mol. The van der Waals surface area contributed by atoms with E-state index >= 15 is 0 Å². The third-order valence-corrected chi connectivity index (χ3v) is 6.33. The number of hydrogen-bond donors (Lipinski definition) is 1. The van der Waals surface area contributed by atoms with E-state index in [0.29, 0.717) is 0 Å². The average Bonchev–Trinajstić information content (AvgIpc) is 3.00. The Kier molecular flexibility index (Phi) is 3.84. The van der Waals surface area contributed by atoms with Gasteiger partial charge >= 0.3 is 0 Å². The van der Waals surface area contributed by atoms with Crippen LogP contribution in [0.15, 0.2) is 15.9 Å². The molecule has 0 saturated carbocycles. The highest BCUT2D eigenvalue weighted by Gasteiger charge is 2.24. The van der Waals surface area contributed by atoms with Crippen molar-refractivity contribution in [1.82, 2.24) is 10.3 Å². The highest BCUT2D eigenvalue weighted by atomic mass is 79.9. The maximum absolute atomic E-state index is 4.85. The number of fused-ring (bicyclic) bond motifs is 1. The molecular formula is C13H15BrN2S2. The van der Waals surface area contributed by atoms with Crippen LogP contribution in [0.25, 0.3) is 0 Å². The largest absolute Gasteiger partial charge is 0.304 e. The lowest BCUT2D eigenvalue weighted by Crippen LogP contribution is -2.21. The molecule has 5 heteroatoms. The van der Waals surface area contributed by atoms with Gasteiger partial charge < -0.3 is 5.32 Å². The van der Waals surface area contributed by atoms with Crippen LogP contribution < -0.4 is 5.32 Å². The van der Waals surface area contributed by atoms with Crippen LogP contribution in [0, 0.1) is 0 Å². The Morgan fingerprint density at radius 3 is 3.06 bits per heavy atom. The molecular weight excluding hydrogens is 328 g/mol. The van der Waals surface area contributed by atoms with E-state index in [0.717, 1.165) is 13.0 Å². The van der Waals surface area contributed by atoms with Crippen molar-refractivity contribution in [2.45, 2.75) is 32.2 Å². The molecule has 1 aliphatic carbocycles. The van der Waals surface area contributed by atoms with E-state index in [2.05, 4.69) is 39.6 Å². The first kappa shape index (κ1) is 12.8. The molecule has 2 aromatic heterocycles. The molecule has 0 aliphatic heterocycles. The van der Waals surface area contributed by atoms with Crippen molar-refractivity contribution in [1.29, 1.82) is 0 Å². The van der Waals surface area contributed by atoms with Crippen LogP contribution in [0.5, 0.6) is 0 Å². The number of halogens is 1. The van der Waals surface area contributed by atoms with Crippen molar-refractivity contribution in [3.8, 4) is 0 Å². The molecule has 1 aliphatic rings. The van der Waals surface area contributed by atoms with Gasteiger partial charge in [0.1, 0.15) is 5.01 Å². The van der Waals surface area contributed by atoms with E-state index in [9.17, 15) is 0 Å². The van der Waals surface area contributed by atoms with Crippen LogP contribution in [0.4, 0.5) is 0 Å². The van der Waals surface area contributed by atoms with Gasteiger partial charge in [-0.2, -0.15) is 0 Å². The number of nitrogens with one attached hydrogen (secondary N) is 1. The van der Waals surface area contributed by atoms with Gasteiger partial charge in [-0.3, -0.25) is 0 Å². The molecule has 2 nitrogen and oxygen atoms in total. The summed E-state index contributed by atoms with van der Waals surface area (Å²) in [7, 11) is 0. The van der Waals surface area contributed by atoms with Gasteiger partial charge in [0.2, 0.25) is 0 Å². The van der Waals surface area contributed by atoms with Crippen molar-refractivity contribution >= 4 is 38.6 Å². The molecule has 0 saturated heterocycles. The number of thiazole rings is 1. The minimum absolute atomic E-state index is 0.250. The molecule has 2 aromatic rings. The third-order valence-electron chi connectivity index (χ3n) is 3.17. The van der Waals surface area contributed by atoms with E-state index in [1.165, 1.54) is 37.8 Å². The monoisotopic (exact) mass is 342 g/mol. The first-order chi connectivity index (χ1) is 8.79. The third kappa shape index (κ3) is 2.29. The summed E-state index contributed by atoms with van der Waals surface area (Å²) in [6.45, 7) is 3.11. The Hall–Kier alpha value is -0.230. The Labute approximate surface area is 124 Å². The van der Waals surface area contributed by atoms with Gasteiger partial charge in [-0.25, -0.2) is 4.98 Å². The molecule has 0 bridgehead atoms. The Morgan fingerprint density at radius 1 is 1.50 bits per heavy atom. The molecule has 1 atom stereocenters. The van der Waals surface area contributed by atoms with Crippen LogP contribution in [-0.4, -0.2) is 11.5 Å². The van der Waals surface area contributed by atoms with Crippen molar-refractivity contribution in [3.05, 3.63) is 36.4 Å². The van der Waals surface area contributed by atoms with Gasteiger partial charge in [-0.1, -0.05) is 6.92 Å². The molecule has 0 radical (unpaired) electrons. The number of aromatic nitrogens is 1. The fraction of sp³-hybridized carbons (Fsp3) is 0.462. The lowest BCUT2D eigenvalue weighted by Gasteiger charge is -2.14. The summed E-state index contributed by atoms with van der Waals surface area (Å²) in [5.74, 6) is 0.